The van der Waals surface area contributed by atoms with Crippen LogP contribution in [0.25, 0.3) is 0 Å². The van der Waals surface area contributed by atoms with E-state index in [4.69, 9.17) is 5.26 Å². The van der Waals surface area contributed by atoms with E-state index in [-0.39, 0.29) is 11.8 Å². The Balaban J connectivity index is 2.27. The highest BCUT2D eigenvalue weighted by molar-refractivity contribution is 5.76. The minimum absolute atomic E-state index is 0.166. The Morgan fingerprint density at radius 3 is 2.53 bits per heavy atom. The number of amides is 1. The van der Waals surface area contributed by atoms with E-state index < -0.39 is 0 Å². The molecule has 0 saturated carbocycles. The molecule has 0 unspecified atom stereocenters. The van der Waals surface area contributed by atoms with E-state index in [2.05, 4.69) is 19.9 Å². The van der Waals surface area contributed by atoms with Crippen molar-refractivity contribution in [1.82, 2.24) is 4.90 Å². The maximum Gasteiger partial charge on any atom is 0.222 e. The van der Waals surface area contributed by atoms with Crippen molar-refractivity contribution in [2.45, 2.75) is 39.5 Å². The summed E-state index contributed by atoms with van der Waals surface area (Å²) in [5.74, 6) is 1.02. The van der Waals surface area contributed by atoms with Gasteiger partial charge in [-0.25, -0.2) is 0 Å². The Labute approximate surface area is 92.1 Å². The van der Waals surface area contributed by atoms with Crippen molar-refractivity contribution in [3.8, 4) is 6.07 Å². The summed E-state index contributed by atoms with van der Waals surface area (Å²) in [6, 6.07) is 2.28. The van der Waals surface area contributed by atoms with Crippen LogP contribution < -0.4 is 0 Å². The molecule has 1 aliphatic rings. The van der Waals surface area contributed by atoms with E-state index in [9.17, 15) is 4.79 Å². The van der Waals surface area contributed by atoms with Gasteiger partial charge in [-0.2, -0.15) is 5.26 Å². The average Bonchev–Trinajstić information content (AvgIpc) is 2.26. The summed E-state index contributed by atoms with van der Waals surface area (Å²) >= 11 is 0. The number of nitrogens with zero attached hydrogens (tertiary/aromatic N) is 2. The molecule has 0 N–H and O–H groups in total. The molecule has 0 atom stereocenters. The van der Waals surface area contributed by atoms with Crippen molar-refractivity contribution in [2.24, 2.45) is 11.8 Å². The molecule has 1 rings (SSSR count). The van der Waals surface area contributed by atoms with Gasteiger partial charge in [0.15, 0.2) is 0 Å². The smallest absolute Gasteiger partial charge is 0.222 e. The van der Waals surface area contributed by atoms with Gasteiger partial charge in [0, 0.05) is 25.4 Å². The van der Waals surface area contributed by atoms with Crippen molar-refractivity contribution in [3.63, 3.8) is 0 Å². The Morgan fingerprint density at radius 2 is 2.07 bits per heavy atom. The summed E-state index contributed by atoms with van der Waals surface area (Å²) in [6.07, 6.45) is 3.33. The highest BCUT2D eigenvalue weighted by Crippen LogP contribution is 2.17. The average molecular weight is 208 g/mol. The third kappa shape index (κ3) is 3.91. The molecule has 0 aromatic rings. The fourth-order valence-electron chi connectivity index (χ4n) is 1.83. The first kappa shape index (κ1) is 12.0. The van der Waals surface area contributed by atoms with Gasteiger partial charge in [-0.15, -0.1) is 0 Å². The van der Waals surface area contributed by atoms with Crippen LogP contribution in [-0.4, -0.2) is 23.9 Å². The number of nitriles is 1. The maximum atomic E-state index is 11.7. The van der Waals surface area contributed by atoms with Crippen LogP contribution in [0.2, 0.25) is 0 Å². The molecule has 84 valence electrons. The van der Waals surface area contributed by atoms with Crippen LogP contribution in [0.3, 0.4) is 0 Å². The molecule has 3 nitrogen and oxygen atoms in total. The zero-order valence-electron chi connectivity index (χ0n) is 9.70. The Morgan fingerprint density at radius 1 is 1.47 bits per heavy atom. The molecule has 1 heterocycles. The first-order valence-electron chi connectivity index (χ1n) is 5.81. The lowest BCUT2D eigenvalue weighted by atomic mass is 9.98. The predicted molar refractivity (Wildman–Crippen MR) is 59.0 cm³/mol. The first-order valence-corrected chi connectivity index (χ1v) is 5.81. The highest BCUT2D eigenvalue weighted by atomic mass is 16.2. The van der Waals surface area contributed by atoms with E-state index in [0.717, 1.165) is 32.4 Å². The molecule has 1 saturated heterocycles. The molecule has 0 spiro atoms. The van der Waals surface area contributed by atoms with Gasteiger partial charge in [-0.1, -0.05) is 13.8 Å². The molecule has 0 bridgehead atoms. The topological polar surface area (TPSA) is 44.1 Å². The van der Waals surface area contributed by atoms with Gasteiger partial charge >= 0.3 is 0 Å². The van der Waals surface area contributed by atoms with Gasteiger partial charge in [0.05, 0.1) is 6.07 Å². The van der Waals surface area contributed by atoms with Gasteiger partial charge in [-0.3, -0.25) is 4.79 Å². The molecule has 0 aromatic heterocycles. The molecule has 3 heteroatoms. The van der Waals surface area contributed by atoms with Crippen molar-refractivity contribution in [1.29, 1.82) is 5.26 Å². The second-order valence-corrected chi connectivity index (χ2v) is 4.72. The quantitative estimate of drug-likeness (QED) is 0.713. The number of carbonyl (C=O) groups is 1. The van der Waals surface area contributed by atoms with Gasteiger partial charge in [0.1, 0.15) is 0 Å². The normalized spacial score (nSPS) is 17.9. The molecule has 0 aliphatic carbocycles. The SMILES string of the molecule is CC(C)CCC(=O)N1CCC(C#N)CC1. The summed E-state index contributed by atoms with van der Waals surface area (Å²) < 4.78 is 0. The van der Waals surface area contributed by atoms with Gasteiger partial charge in [-0.05, 0) is 25.2 Å². The largest absolute Gasteiger partial charge is 0.343 e. The van der Waals surface area contributed by atoms with E-state index in [1.807, 2.05) is 4.90 Å². The number of rotatable bonds is 3. The fraction of sp³-hybridized carbons (Fsp3) is 0.833. The van der Waals surface area contributed by atoms with Gasteiger partial charge < -0.3 is 4.90 Å². The Bertz CT molecular complexity index is 247. The van der Waals surface area contributed by atoms with Crippen molar-refractivity contribution in [3.05, 3.63) is 0 Å². The summed E-state index contributed by atoms with van der Waals surface area (Å²) in [6.45, 7) is 5.81. The summed E-state index contributed by atoms with van der Waals surface area (Å²) in [5, 5.41) is 8.74. The Hall–Kier alpha value is -1.04. The summed E-state index contributed by atoms with van der Waals surface area (Å²) in [5.41, 5.74) is 0. The van der Waals surface area contributed by atoms with Crippen LogP contribution in [0.4, 0.5) is 0 Å². The van der Waals surface area contributed by atoms with Crippen LogP contribution >= 0.6 is 0 Å². The molecule has 1 fully saturated rings. The molecule has 1 aliphatic heterocycles. The summed E-state index contributed by atoms with van der Waals surface area (Å²) in [4.78, 5) is 13.7. The number of carbonyl (C=O) groups excluding carboxylic acids is 1. The predicted octanol–water partition coefficient (Wildman–Crippen LogP) is 2.18. The van der Waals surface area contributed by atoms with Crippen LogP contribution in [0, 0.1) is 23.2 Å². The van der Waals surface area contributed by atoms with Crippen LogP contribution in [-0.2, 0) is 4.79 Å². The molecular weight excluding hydrogens is 188 g/mol. The lowest BCUT2D eigenvalue weighted by Crippen LogP contribution is -2.38. The Kier molecular flexibility index (Phi) is 4.61. The molecular formula is C12H20N2O. The minimum Gasteiger partial charge on any atom is -0.343 e. The summed E-state index contributed by atoms with van der Waals surface area (Å²) in [7, 11) is 0. The van der Waals surface area contributed by atoms with Crippen molar-refractivity contribution >= 4 is 5.91 Å². The second-order valence-electron chi connectivity index (χ2n) is 4.72. The maximum absolute atomic E-state index is 11.7. The van der Waals surface area contributed by atoms with Gasteiger partial charge in [0.25, 0.3) is 0 Å². The van der Waals surface area contributed by atoms with E-state index in [1.165, 1.54) is 0 Å². The van der Waals surface area contributed by atoms with Crippen LogP contribution in [0.5, 0.6) is 0 Å². The molecule has 1 amide bonds. The fourth-order valence-corrected chi connectivity index (χ4v) is 1.83. The van der Waals surface area contributed by atoms with E-state index in [0.29, 0.717) is 12.3 Å². The monoisotopic (exact) mass is 208 g/mol. The zero-order valence-corrected chi connectivity index (χ0v) is 9.70. The molecule has 0 aromatic carbocycles. The number of hydrogen-bond acceptors (Lipinski definition) is 2. The minimum atomic E-state index is 0.166. The van der Waals surface area contributed by atoms with Crippen LogP contribution in [0.15, 0.2) is 0 Å². The van der Waals surface area contributed by atoms with Crippen molar-refractivity contribution < 1.29 is 4.79 Å². The lowest BCUT2D eigenvalue weighted by molar-refractivity contribution is -0.132. The standard InChI is InChI=1S/C12H20N2O/c1-10(2)3-4-12(15)14-7-5-11(9-13)6-8-14/h10-11H,3-8H2,1-2H3. The van der Waals surface area contributed by atoms with Gasteiger partial charge in [0.2, 0.25) is 5.91 Å². The van der Waals surface area contributed by atoms with Crippen molar-refractivity contribution in [2.75, 3.05) is 13.1 Å². The zero-order chi connectivity index (χ0) is 11.3. The number of hydrogen-bond donors (Lipinski definition) is 0. The number of likely N-dealkylation sites (tertiary alicyclic amines) is 1. The molecule has 0 radical (unpaired) electrons. The third-order valence-electron chi connectivity index (χ3n) is 2.97. The highest BCUT2D eigenvalue weighted by Gasteiger charge is 2.21. The first-order chi connectivity index (χ1) is 7.13. The third-order valence-corrected chi connectivity index (χ3v) is 2.97. The second kappa shape index (κ2) is 5.75. The number of piperidine rings is 1. The van der Waals surface area contributed by atoms with E-state index >= 15 is 0 Å². The lowest BCUT2D eigenvalue weighted by Gasteiger charge is -2.29. The molecule has 15 heavy (non-hydrogen) atoms. The van der Waals surface area contributed by atoms with Crippen LogP contribution in [0.1, 0.15) is 39.5 Å². The van der Waals surface area contributed by atoms with E-state index in [1.54, 1.807) is 0 Å².